The minimum absolute atomic E-state index is 0.140. The molecule has 19 heavy (non-hydrogen) atoms. The van der Waals surface area contributed by atoms with Crippen LogP contribution in [0.4, 0.5) is 0 Å². The van der Waals surface area contributed by atoms with E-state index in [1.807, 2.05) is 61.5 Å². The Morgan fingerprint density at radius 1 is 1.05 bits per heavy atom. The van der Waals surface area contributed by atoms with E-state index in [1.54, 1.807) is 0 Å². The normalized spacial score (nSPS) is 14.0. The summed E-state index contributed by atoms with van der Waals surface area (Å²) in [6, 6.07) is 17.9. The number of hydrogen-bond donors (Lipinski definition) is 1. The molecule has 0 fully saturated rings. The summed E-state index contributed by atoms with van der Waals surface area (Å²) in [4.78, 5) is 0.914. The first-order chi connectivity index (χ1) is 9.22. The standard InChI is InChI=1S/C16H19NOS/c1-13-7-5-6-10-16(13)19(18)12-15(11-17)14-8-3-2-4-9-14/h2-10,15H,11-12,17H2,1H3. The Bertz CT molecular complexity index is 554. The topological polar surface area (TPSA) is 43.1 Å². The van der Waals surface area contributed by atoms with Crippen LogP contribution in [-0.2, 0) is 10.8 Å². The van der Waals surface area contributed by atoms with Gasteiger partial charge >= 0.3 is 0 Å². The Balaban J connectivity index is 2.16. The summed E-state index contributed by atoms with van der Waals surface area (Å²) in [5.41, 5.74) is 8.07. The van der Waals surface area contributed by atoms with Gasteiger partial charge in [-0.2, -0.15) is 0 Å². The number of aryl methyl sites for hydroxylation is 1. The van der Waals surface area contributed by atoms with Crippen LogP contribution in [0.2, 0.25) is 0 Å². The molecule has 2 nitrogen and oxygen atoms in total. The van der Waals surface area contributed by atoms with Gasteiger partial charge in [-0.1, -0.05) is 48.5 Å². The van der Waals surface area contributed by atoms with Crippen molar-refractivity contribution in [3.8, 4) is 0 Å². The number of rotatable bonds is 5. The van der Waals surface area contributed by atoms with Gasteiger partial charge in [-0.05, 0) is 24.1 Å². The third kappa shape index (κ3) is 3.52. The number of nitrogens with two attached hydrogens (primary N) is 1. The molecular weight excluding hydrogens is 254 g/mol. The number of hydrogen-bond acceptors (Lipinski definition) is 2. The van der Waals surface area contributed by atoms with Gasteiger partial charge in [0.1, 0.15) is 0 Å². The molecule has 0 heterocycles. The highest BCUT2D eigenvalue weighted by Crippen LogP contribution is 2.20. The average molecular weight is 273 g/mol. The zero-order valence-corrected chi connectivity index (χ0v) is 11.9. The van der Waals surface area contributed by atoms with Gasteiger partial charge in [0.15, 0.2) is 0 Å². The Morgan fingerprint density at radius 3 is 2.32 bits per heavy atom. The molecule has 0 aliphatic rings. The van der Waals surface area contributed by atoms with Crippen LogP contribution in [0.1, 0.15) is 17.0 Å². The third-order valence-corrected chi connectivity index (χ3v) is 4.90. The average Bonchev–Trinajstić information content (AvgIpc) is 2.46. The molecule has 0 spiro atoms. The molecule has 3 heteroatoms. The molecule has 2 atom stereocenters. The summed E-state index contributed by atoms with van der Waals surface area (Å²) >= 11 is 0. The molecule has 0 aromatic heterocycles. The Kier molecular flexibility index (Phi) is 4.88. The fraction of sp³-hybridized carbons (Fsp3) is 0.250. The first-order valence-corrected chi connectivity index (χ1v) is 7.73. The van der Waals surface area contributed by atoms with Crippen molar-refractivity contribution >= 4 is 10.8 Å². The van der Waals surface area contributed by atoms with Crippen LogP contribution in [0.25, 0.3) is 0 Å². The monoisotopic (exact) mass is 273 g/mol. The summed E-state index contributed by atoms with van der Waals surface area (Å²) in [6.45, 7) is 2.51. The molecule has 2 unspecified atom stereocenters. The maximum atomic E-state index is 12.5. The number of benzene rings is 2. The van der Waals surface area contributed by atoms with Crippen LogP contribution < -0.4 is 5.73 Å². The van der Waals surface area contributed by atoms with Crippen molar-refractivity contribution in [1.82, 2.24) is 0 Å². The highest BCUT2D eigenvalue weighted by atomic mass is 32.2. The van der Waals surface area contributed by atoms with Gasteiger partial charge in [0.25, 0.3) is 0 Å². The van der Waals surface area contributed by atoms with E-state index in [1.165, 1.54) is 0 Å². The van der Waals surface area contributed by atoms with Crippen molar-refractivity contribution in [2.24, 2.45) is 5.73 Å². The molecular formula is C16H19NOS. The van der Waals surface area contributed by atoms with E-state index >= 15 is 0 Å². The molecule has 100 valence electrons. The van der Waals surface area contributed by atoms with Gasteiger partial charge in [-0.25, -0.2) is 0 Å². The molecule has 0 aliphatic heterocycles. The third-order valence-electron chi connectivity index (χ3n) is 3.25. The van der Waals surface area contributed by atoms with E-state index in [-0.39, 0.29) is 5.92 Å². The lowest BCUT2D eigenvalue weighted by atomic mass is 10.0. The zero-order valence-electron chi connectivity index (χ0n) is 11.1. The lowest BCUT2D eigenvalue weighted by molar-refractivity contribution is 0.672. The fourth-order valence-corrected chi connectivity index (χ4v) is 3.64. The first-order valence-electron chi connectivity index (χ1n) is 6.41. The van der Waals surface area contributed by atoms with Crippen molar-refractivity contribution in [2.75, 3.05) is 12.3 Å². The van der Waals surface area contributed by atoms with E-state index < -0.39 is 10.8 Å². The maximum Gasteiger partial charge on any atom is 0.0538 e. The Labute approximate surface area is 117 Å². The van der Waals surface area contributed by atoms with Crippen LogP contribution in [0.15, 0.2) is 59.5 Å². The molecule has 0 aliphatic carbocycles. The second kappa shape index (κ2) is 6.64. The Hall–Kier alpha value is -1.45. The van der Waals surface area contributed by atoms with Gasteiger partial charge in [-0.3, -0.25) is 4.21 Å². The van der Waals surface area contributed by atoms with Crippen molar-refractivity contribution in [2.45, 2.75) is 17.7 Å². The van der Waals surface area contributed by atoms with Crippen molar-refractivity contribution < 1.29 is 4.21 Å². The quantitative estimate of drug-likeness (QED) is 0.910. The molecule has 2 rings (SSSR count). The van der Waals surface area contributed by atoms with Crippen LogP contribution >= 0.6 is 0 Å². The summed E-state index contributed by atoms with van der Waals surface area (Å²) < 4.78 is 12.5. The summed E-state index contributed by atoms with van der Waals surface area (Å²) in [6.07, 6.45) is 0. The van der Waals surface area contributed by atoms with Crippen molar-refractivity contribution in [3.63, 3.8) is 0 Å². The molecule has 0 saturated carbocycles. The second-order valence-corrected chi connectivity index (χ2v) is 6.09. The van der Waals surface area contributed by atoms with Crippen LogP contribution in [0.5, 0.6) is 0 Å². The van der Waals surface area contributed by atoms with Crippen molar-refractivity contribution in [3.05, 3.63) is 65.7 Å². The minimum atomic E-state index is -1.01. The van der Waals surface area contributed by atoms with Gasteiger partial charge in [0.2, 0.25) is 0 Å². The minimum Gasteiger partial charge on any atom is -0.330 e. The lowest BCUT2D eigenvalue weighted by Crippen LogP contribution is -2.19. The first kappa shape index (κ1) is 14.0. The molecule has 2 aromatic carbocycles. The second-order valence-electron chi connectivity index (χ2n) is 4.62. The largest absolute Gasteiger partial charge is 0.330 e. The Morgan fingerprint density at radius 2 is 1.68 bits per heavy atom. The summed E-state index contributed by atoms with van der Waals surface area (Å²) in [5, 5.41) is 0. The molecule has 2 N–H and O–H groups in total. The van der Waals surface area contributed by atoms with Gasteiger partial charge in [-0.15, -0.1) is 0 Å². The highest BCUT2D eigenvalue weighted by molar-refractivity contribution is 7.85. The van der Waals surface area contributed by atoms with Gasteiger partial charge in [0.05, 0.1) is 10.8 Å². The van der Waals surface area contributed by atoms with E-state index in [2.05, 4.69) is 0 Å². The van der Waals surface area contributed by atoms with E-state index in [4.69, 9.17) is 5.73 Å². The molecule has 0 amide bonds. The predicted octanol–water partition coefficient (Wildman–Crippen LogP) is 2.85. The SMILES string of the molecule is Cc1ccccc1S(=O)CC(CN)c1ccccc1. The molecule has 0 saturated heterocycles. The fourth-order valence-electron chi connectivity index (χ4n) is 2.11. The smallest absolute Gasteiger partial charge is 0.0538 e. The highest BCUT2D eigenvalue weighted by Gasteiger charge is 2.15. The van der Waals surface area contributed by atoms with Crippen molar-refractivity contribution in [1.29, 1.82) is 0 Å². The van der Waals surface area contributed by atoms with Gasteiger partial charge < -0.3 is 5.73 Å². The molecule has 0 bridgehead atoms. The zero-order chi connectivity index (χ0) is 13.7. The molecule has 2 aromatic rings. The van der Waals surface area contributed by atoms with Crippen LogP contribution in [0, 0.1) is 6.92 Å². The molecule has 0 radical (unpaired) electrons. The summed E-state index contributed by atoms with van der Waals surface area (Å²) in [7, 11) is -1.01. The van der Waals surface area contributed by atoms with Crippen LogP contribution in [-0.4, -0.2) is 16.5 Å². The van der Waals surface area contributed by atoms with E-state index in [9.17, 15) is 4.21 Å². The predicted molar refractivity (Wildman–Crippen MR) is 80.7 cm³/mol. The lowest BCUT2D eigenvalue weighted by Gasteiger charge is -2.15. The van der Waals surface area contributed by atoms with E-state index in [0.717, 1.165) is 16.0 Å². The van der Waals surface area contributed by atoms with E-state index in [0.29, 0.717) is 12.3 Å². The van der Waals surface area contributed by atoms with Gasteiger partial charge in [0, 0.05) is 23.1 Å². The van der Waals surface area contributed by atoms with Crippen LogP contribution in [0.3, 0.4) is 0 Å². The summed E-state index contributed by atoms with van der Waals surface area (Å²) in [5.74, 6) is 0.715. The maximum absolute atomic E-state index is 12.5.